The number of hydrogen-bond donors (Lipinski definition) is 3. The Kier molecular flexibility index (Phi) is 8.67. The third-order valence-corrected chi connectivity index (χ3v) is 7.57. The van der Waals surface area contributed by atoms with Crippen LogP contribution in [0.15, 0.2) is 78.2 Å². The van der Waals surface area contributed by atoms with Gasteiger partial charge in [0.1, 0.15) is 5.00 Å². The maximum atomic E-state index is 13.5. The zero-order chi connectivity index (χ0) is 27.1. The minimum atomic E-state index is -1.22. The lowest BCUT2D eigenvalue weighted by Gasteiger charge is -2.20. The number of carbonyl (C=O) groups excluding carboxylic acids is 4. The molecule has 3 N–H and O–H groups in total. The Balaban J connectivity index is 1.71. The van der Waals surface area contributed by atoms with E-state index in [-0.39, 0.29) is 22.0 Å². The van der Waals surface area contributed by atoms with Gasteiger partial charge in [-0.2, -0.15) is 0 Å². The van der Waals surface area contributed by atoms with Crippen LogP contribution in [0.5, 0.6) is 0 Å². The Hall–Kier alpha value is -4.28. The lowest BCUT2D eigenvalue weighted by Crippen LogP contribution is -2.46. The first-order valence-corrected chi connectivity index (χ1v) is 13.5. The Morgan fingerprint density at radius 2 is 1.58 bits per heavy atom. The smallest absolute Gasteiger partial charge is 0.341 e. The molecule has 0 saturated carbocycles. The van der Waals surface area contributed by atoms with Crippen molar-refractivity contribution in [2.75, 3.05) is 17.2 Å². The standard InChI is InChI=1S/C28H25N3O5S2/c1-3-36-28(35)21-17(2)23(26(34)29-19-13-8-5-9-14-19)38-27(21)31-24(22(32)18-11-6-4-7-12-18)30-25(33)20-15-10-16-37-20/h4-16,24,31H,3H2,1-2H3,(H,29,34)(H,30,33). The molecule has 1 unspecified atom stereocenters. The molecular weight excluding hydrogens is 522 g/mol. The fourth-order valence-electron chi connectivity index (χ4n) is 3.67. The lowest BCUT2D eigenvalue weighted by atomic mass is 10.1. The summed E-state index contributed by atoms with van der Waals surface area (Å²) in [5.74, 6) is -1.91. The zero-order valence-electron chi connectivity index (χ0n) is 20.6. The Morgan fingerprint density at radius 1 is 0.895 bits per heavy atom. The highest BCUT2D eigenvalue weighted by Crippen LogP contribution is 2.35. The molecule has 4 rings (SSSR count). The average Bonchev–Trinajstić information content (AvgIpc) is 3.57. The minimum absolute atomic E-state index is 0.126. The second-order valence-corrected chi connectivity index (χ2v) is 10.0. The summed E-state index contributed by atoms with van der Waals surface area (Å²) in [4.78, 5) is 53.2. The number of para-hydroxylation sites is 1. The van der Waals surface area contributed by atoms with Gasteiger partial charge < -0.3 is 20.7 Å². The molecule has 38 heavy (non-hydrogen) atoms. The van der Waals surface area contributed by atoms with E-state index in [2.05, 4.69) is 16.0 Å². The van der Waals surface area contributed by atoms with Crippen LogP contribution in [0.1, 0.15) is 52.5 Å². The third kappa shape index (κ3) is 6.16. The van der Waals surface area contributed by atoms with Gasteiger partial charge in [-0.3, -0.25) is 14.4 Å². The largest absolute Gasteiger partial charge is 0.462 e. The average molecular weight is 548 g/mol. The van der Waals surface area contributed by atoms with E-state index in [1.165, 1.54) is 11.3 Å². The molecule has 0 fully saturated rings. The van der Waals surface area contributed by atoms with Gasteiger partial charge in [-0.25, -0.2) is 4.79 Å². The molecule has 2 aromatic heterocycles. The summed E-state index contributed by atoms with van der Waals surface area (Å²) < 4.78 is 5.25. The number of hydrogen-bond acceptors (Lipinski definition) is 8. The van der Waals surface area contributed by atoms with Gasteiger partial charge in [-0.05, 0) is 43.0 Å². The predicted molar refractivity (Wildman–Crippen MR) is 149 cm³/mol. The number of rotatable bonds is 10. The van der Waals surface area contributed by atoms with Crippen molar-refractivity contribution in [3.8, 4) is 0 Å². The van der Waals surface area contributed by atoms with E-state index in [0.29, 0.717) is 21.7 Å². The van der Waals surface area contributed by atoms with Crippen LogP contribution in [-0.4, -0.2) is 36.3 Å². The molecule has 2 heterocycles. The number of esters is 1. The summed E-state index contributed by atoms with van der Waals surface area (Å²) in [6.45, 7) is 3.45. The van der Waals surface area contributed by atoms with Crippen LogP contribution in [-0.2, 0) is 4.74 Å². The maximum absolute atomic E-state index is 13.5. The third-order valence-electron chi connectivity index (χ3n) is 5.48. The molecule has 2 aromatic carbocycles. The van der Waals surface area contributed by atoms with Gasteiger partial charge in [0.05, 0.1) is 21.9 Å². The normalized spacial score (nSPS) is 11.3. The summed E-state index contributed by atoms with van der Waals surface area (Å²) in [7, 11) is 0. The summed E-state index contributed by atoms with van der Waals surface area (Å²) >= 11 is 2.25. The molecule has 0 aliphatic carbocycles. The fourth-order valence-corrected chi connectivity index (χ4v) is 5.41. The highest BCUT2D eigenvalue weighted by atomic mass is 32.1. The van der Waals surface area contributed by atoms with Gasteiger partial charge >= 0.3 is 5.97 Å². The van der Waals surface area contributed by atoms with Crippen LogP contribution >= 0.6 is 22.7 Å². The number of ether oxygens (including phenoxy) is 1. The van der Waals surface area contributed by atoms with E-state index >= 15 is 0 Å². The molecule has 1 atom stereocenters. The topological polar surface area (TPSA) is 114 Å². The summed E-state index contributed by atoms with van der Waals surface area (Å²) in [5.41, 5.74) is 1.49. The maximum Gasteiger partial charge on any atom is 0.341 e. The van der Waals surface area contributed by atoms with Crippen molar-refractivity contribution in [1.29, 1.82) is 0 Å². The lowest BCUT2D eigenvalue weighted by molar-refractivity contribution is 0.0526. The van der Waals surface area contributed by atoms with Crippen molar-refractivity contribution in [3.63, 3.8) is 0 Å². The van der Waals surface area contributed by atoms with Gasteiger partial charge in [0, 0.05) is 11.3 Å². The molecule has 4 aromatic rings. The molecule has 2 amide bonds. The quantitative estimate of drug-likeness (QED) is 0.135. The summed E-state index contributed by atoms with van der Waals surface area (Å²) in [6, 6.07) is 20.8. The van der Waals surface area contributed by atoms with Crippen molar-refractivity contribution < 1.29 is 23.9 Å². The predicted octanol–water partition coefficient (Wildman–Crippen LogP) is 5.60. The van der Waals surface area contributed by atoms with Crippen LogP contribution < -0.4 is 16.0 Å². The van der Waals surface area contributed by atoms with E-state index in [0.717, 1.165) is 11.3 Å². The summed E-state index contributed by atoms with van der Waals surface area (Å²) in [6.07, 6.45) is -1.22. The molecule has 8 nitrogen and oxygen atoms in total. The first kappa shape index (κ1) is 26.8. The number of ketones is 1. The summed E-state index contributed by atoms with van der Waals surface area (Å²) in [5, 5.41) is 10.6. The Morgan fingerprint density at radius 3 is 2.21 bits per heavy atom. The molecule has 0 aliphatic heterocycles. The monoisotopic (exact) mass is 547 g/mol. The highest BCUT2D eigenvalue weighted by Gasteiger charge is 2.30. The number of nitrogens with one attached hydrogen (secondary N) is 3. The first-order chi connectivity index (χ1) is 18.4. The molecule has 0 spiro atoms. The SMILES string of the molecule is CCOC(=O)c1c(NC(NC(=O)c2cccs2)C(=O)c2ccccc2)sc(C(=O)Nc2ccccc2)c1C. The van der Waals surface area contributed by atoms with Crippen LogP contribution in [0.2, 0.25) is 0 Å². The van der Waals surface area contributed by atoms with Crippen molar-refractivity contribution in [3.05, 3.63) is 105 Å². The van der Waals surface area contributed by atoms with E-state index in [4.69, 9.17) is 4.74 Å². The van der Waals surface area contributed by atoms with Crippen LogP contribution in [0.3, 0.4) is 0 Å². The van der Waals surface area contributed by atoms with Crippen LogP contribution in [0, 0.1) is 6.92 Å². The van der Waals surface area contributed by atoms with Crippen molar-refractivity contribution >= 4 is 56.9 Å². The number of anilines is 2. The van der Waals surface area contributed by atoms with Gasteiger partial charge in [0.2, 0.25) is 5.78 Å². The van der Waals surface area contributed by atoms with E-state index < -0.39 is 29.7 Å². The number of Topliss-reactive ketones (excluding diaryl/α,β-unsaturated/α-hetero) is 1. The highest BCUT2D eigenvalue weighted by molar-refractivity contribution is 7.18. The molecule has 10 heteroatoms. The molecule has 0 aliphatic rings. The number of benzene rings is 2. The Labute approximate surface area is 227 Å². The second kappa shape index (κ2) is 12.3. The van der Waals surface area contributed by atoms with Gasteiger partial charge in [-0.15, -0.1) is 22.7 Å². The van der Waals surface area contributed by atoms with Crippen LogP contribution in [0.4, 0.5) is 10.7 Å². The minimum Gasteiger partial charge on any atom is -0.462 e. The number of carbonyl (C=O) groups is 4. The van der Waals surface area contributed by atoms with Crippen molar-refractivity contribution in [2.24, 2.45) is 0 Å². The van der Waals surface area contributed by atoms with Crippen LogP contribution in [0.25, 0.3) is 0 Å². The molecule has 0 radical (unpaired) electrons. The number of amides is 2. The molecule has 194 valence electrons. The molecule has 0 saturated heterocycles. The Bertz CT molecular complexity index is 1430. The molecular formula is C28H25N3O5S2. The zero-order valence-corrected chi connectivity index (χ0v) is 22.3. The van der Waals surface area contributed by atoms with Crippen molar-refractivity contribution in [1.82, 2.24) is 5.32 Å². The van der Waals surface area contributed by atoms with Crippen molar-refractivity contribution in [2.45, 2.75) is 20.0 Å². The van der Waals surface area contributed by atoms with Gasteiger partial charge in [0.15, 0.2) is 6.17 Å². The second-order valence-electron chi connectivity index (χ2n) is 8.06. The molecule has 0 bridgehead atoms. The first-order valence-electron chi connectivity index (χ1n) is 11.8. The van der Waals surface area contributed by atoms with E-state index in [1.54, 1.807) is 86.0 Å². The van der Waals surface area contributed by atoms with Gasteiger partial charge in [-0.1, -0.05) is 54.6 Å². The van der Waals surface area contributed by atoms with E-state index in [9.17, 15) is 19.2 Å². The fraction of sp³-hybridized carbons (Fsp3) is 0.143. The van der Waals surface area contributed by atoms with Gasteiger partial charge in [0.25, 0.3) is 11.8 Å². The van der Waals surface area contributed by atoms with E-state index in [1.807, 2.05) is 6.07 Å². The number of thiophene rings is 2.